The first kappa shape index (κ1) is 25.2. The van der Waals surface area contributed by atoms with Gasteiger partial charge in [0.2, 0.25) is 0 Å². The molecular weight excluding hydrogens is 455 g/mol. The van der Waals surface area contributed by atoms with Crippen molar-refractivity contribution >= 4 is 65.3 Å². The number of anilines is 1. The van der Waals surface area contributed by atoms with E-state index < -0.39 is 0 Å². The smallest absolute Gasteiger partial charge is 0.154 e. The lowest BCUT2D eigenvalue weighted by Gasteiger charge is -2.27. The van der Waals surface area contributed by atoms with E-state index in [2.05, 4.69) is 5.32 Å². The van der Waals surface area contributed by atoms with Gasteiger partial charge in [-0.05, 0) is 67.7 Å². The van der Waals surface area contributed by atoms with Gasteiger partial charge in [0.1, 0.15) is 11.6 Å². The molecule has 4 rings (SSSR count). The fourth-order valence-corrected chi connectivity index (χ4v) is 3.87. The number of hydrogen-bond donors (Lipinski definition) is 2. The van der Waals surface area contributed by atoms with Gasteiger partial charge in [0, 0.05) is 22.5 Å². The summed E-state index contributed by atoms with van der Waals surface area (Å²) in [4.78, 5) is 9.50. The van der Waals surface area contributed by atoms with Crippen LogP contribution in [-0.4, -0.2) is 29.2 Å². The molecule has 31 heavy (non-hydrogen) atoms. The van der Waals surface area contributed by atoms with Crippen LogP contribution in [0, 0.1) is 0 Å². The van der Waals surface area contributed by atoms with Crippen LogP contribution >= 0.6 is 36.4 Å². The average Bonchev–Trinajstić information content (AvgIpc) is 2.74. The standard InChI is InChI=1S/C23H25ClN4O.2ClH/c1-29-18-11-12-21-19(14-18)23(26-17-9-7-16(25)8-10-17)28-22(27-21)13-6-15-4-2-3-5-20(15)24;;/h2-6,11-14,16-17H,7-10,25H2,1H3,(H,26,27,28);2*1H/b13-6+;;. The van der Waals surface area contributed by atoms with E-state index in [1.165, 1.54) is 0 Å². The maximum Gasteiger partial charge on any atom is 0.154 e. The summed E-state index contributed by atoms with van der Waals surface area (Å²) in [5, 5.41) is 5.28. The number of halogens is 3. The van der Waals surface area contributed by atoms with Crippen LogP contribution in [-0.2, 0) is 0 Å². The van der Waals surface area contributed by atoms with Crippen molar-refractivity contribution in [2.75, 3.05) is 12.4 Å². The van der Waals surface area contributed by atoms with Crippen molar-refractivity contribution in [3.63, 3.8) is 0 Å². The molecule has 3 N–H and O–H groups in total. The number of rotatable bonds is 5. The summed E-state index contributed by atoms with van der Waals surface area (Å²) in [7, 11) is 1.67. The molecule has 1 heterocycles. The molecule has 0 unspecified atom stereocenters. The zero-order valence-electron chi connectivity index (χ0n) is 17.3. The number of benzene rings is 2. The number of methoxy groups -OCH3 is 1. The van der Waals surface area contributed by atoms with Gasteiger partial charge in [-0.15, -0.1) is 24.8 Å². The van der Waals surface area contributed by atoms with Gasteiger partial charge in [-0.3, -0.25) is 0 Å². The highest BCUT2D eigenvalue weighted by Gasteiger charge is 2.20. The Labute approximate surface area is 200 Å². The first-order valence-electron chi connectivity index (χ1n) is 9.93. The second-order valence-corrected chi connectivity index (χ2v) is 7.83. The molecule has 0 aliphatic heterocycles. The highest BCUT2D eigenvalue weighted by Crippen LogP contribution is 2.29. The van der Waals surface area contributed by atoms with Crippen molar-refractivity contribution < 1.29 is 4.74 Å². The monoisotopic (exact) mass is 480 g/mol. The Kier molecular flexibility index (Phi) is 9.38. The minimum Gasteiger partial charge on any atom is -0.497 e. The van der Waals surface area contributed by atoms with Crippen LogP contribution in [0.25, 0.3) is 23.1 Å². The van der Waals surface area contributed by atoms with E-state index in [0.717, 1.165) is 53.7 Å². The third kappa shape index (κ3) is 6.23. The summed E-state index contributed by atoms with van der Waals surface area (Å²) >= 11 is 6.26. The van der Waals surface area contributed by atoms with E-state index in [9.17, 15) is 0 Å². The maximum absolute atomic E-state index is 6.26. The highest BCUT2D eigenvalue weighted by atomic mass is 35.5. The van der Waals surface area contributed by atoms with Gasteiger partial charge >= 0.3 is 0 Å². The Hall–Kier alpha value is -2.05. The van der Waals surface area contributed by atoms with Crippen molar-refractivity contribution in [1.82, 2.24) is 9.97 Å². The summed E-state index contributed by atoms with van der Waals surface area (Å²) in [5.41, 5.74) is 7.86. The number of fused-ring (bicyclic) bond motifs is 1. The van der Waals surface area contributed by atoms with E-state index in [1.807, 2.05) is 54.6 Å². The zero-order chi connectivity index (χ0) is 20.2. The largest absolute Gasteiger partial charge is 0.497 e. The number of nitrogens with zero attached hydrogens (tertiary/aromatic N) is 2. The van der Waals surface area contributed by atoms with Crippen LogP contribution in [0.5, 0.6) is 5.75 Å². The van der Waals surface area contributed by atoms with E-state index in [4.69, 9.17) is 32.0 Å². The van der Waals surface area contributed by atoms with Gasteiger partial charge in [-0.25, -0.2) is 9.97 Å². The summed E-state index contributed by atoms with van der Waals surface area (Å²) in [6, 6.07) is 14.2. The number of nitrogens with one attached hydrogen (secondary N) is 1. The predicted octanol–water partition coefficient (Wildman–Crippen LogP) is 5.99. The lowest BCUT2D eigenvalue weighted by Crippen LogP contribution is -2.33. The van der Waals surface area contributed by atoms with E-state index in [-0.39, 0.29) is 24.8 Å². The Morgan fingerprint density at radius 1 is 1.03 bits per heavy atom. The first-order chi connectivity index (χ1) is 14.1. The number of nitrogens with two attached hydrogens (primary N) is 1. The third-order valence-electron chi connectivity index (χ3n) is 5.35. The predicted molar refractivity (Wildman–Crippen MR) is 135 cm³/mol. The van der Waals surface area contributed by atoms with Gasteiger partial charge in [0.05, 0.1) is 12.6 Å². The molecule has 3 aromatic rings. The van der Waals surface area contributed by atoms with Crippen molar-refractivity contribution in [1.29, 1.82) is 0 Å². The third-order valence-corrected chi connectivity index (χ3v) is 5.69. The van der Waals surface area contributed by atoms with Gasteiger partial charge in [0.25, 0.3) is 0 Å². The molecule has 166 valence electrons. The van der Waals surface area contributed by atoms with Crippen molar-refractivity contribution in [2.45, 2.75) is 37.8 Å². The molecular formula is C23H27Cl3N4O. The zero-order valence-corrected chi connectivity index (χ0v) is 19.6. The molecule has 1 fully saturated rings. The molecule has 5 nitrogen and oxygen atoms in total. The van der Waals surface area contributed by atoms with Crippen LogP contribution in [0.1, 0.15) is 37.1 Å². The quantitative estimate of drug-likeness (QED) is 0.468. The summed E-state index contributed by atoms with van der Waals surface area (Å²) in [6.45, 7) is 0. The Balaban J connectivity index is 0.00000171. The van der Waals surface area contributed by atoms with E-state index in [1.54, 1.807) is 7.11 Å². The first-order valence-corrected chi connectivity index (χ1v) is 10.3. The van der Waals surface area contributed by atoms with Gasteiger partial charge in [0.15, 0.2) is 5.82 Å². The van der Waals surface area contributed by atoms with Crippen molar-refractivity contribution in [3.8, 4) is 5.75 Å². The Morgan fingerprint density at radius 2 is 1.77 bits per heavy atom. The summed E-state index contributed by atoms with van der Waals surface area (Å²) in [6.07, 6.45) is 7.98. The molecule has 1 aliphatic rings. The SMILES string of the molecule is COc1ccc2nc(/C=C/c3ccccc3Cl)nc(NC3CCC(N)CC3)c2c1.Cl.Cl. The maximum atomic E-state index is 6.26. The van der Waals surface area contributed by atoms with E-state index >= 15 is 0 Å². The van der Waals surface area contributed by atoms with Crippen LogP contribution in [0.3, 0.4) is 0 Å². The van der Waals surface area contributed by atoms with Crippen LogP contribution in [0.2, 0.25) is 5.02 Å². The molecule has 1 aliphatic carbocycles. The minimum atomic E-state index is 0. The van der Waals surface area contributed by atoms with Crippen LogP contribution in [0.15, 0.2) is 42.5 Å². The Bertz CT molecular complexity index is 1040. The number of ether oxygens (including phenoxy) is 1. The molecule has 8 heteroatoms. The minimum absolute atomic E-state index is 0. The highest BCUT2D eigenvalue weighted by molar-refractivity contribution is 6.32. The second kappa shape index (κ2) is 11.5. The lowest BCUT2D eigenvalue weighted by molar-refractivity contribution is 0.410. The molecule has 2 aromatic carbocycles. The summed E-state index contributed by atoms with van der Waals surface area (Å²) < 4.78 is 5.40. The van der Waals surface area contributed by atoms with Crippen LogP contribution in [0.4, 0.5) is 5.82 Å². The molecule has 0 amide bonds. The number of hydrogen-bond acceptors (Lipinski definition) is 5. The molecule has 0 radical (unpaired) electrons. The lowest BCUT2D eigenvalue weighted by atomic mass is 9.92. The molecule has 0 bridgehead atoms. The Morgan fingerprint density at radius 3 is 2.48 bits per heavy atom. The molecule has 1 aromatic heterocycles. The topological polar surface area (TPSA) is 73.1 Å². The fraction of sp³-hybridized carbons (Fsp3) is 0.304. The van der Waals surface area contributed by atoms with Crippen molar-refractivity contribution in [3.05, 3.63) is 58.9 Å². The van der Waals surface area contributed by atoms with Gasteiger partial charge < -0.3 is 15.8 Å². The molecule has 0 atom stereocenters. The molecule has 0 saturated heterocycles. The molecule has 1 saturated carbocycles. The summed E-state index contributed by atoms with van der Waals surface area (Å²) in [5.74, 6) is 2.25. The van der Waals surface area contributed by atoms with Gasteiger partial charge in [-0.2, -0.15) is 0 Å². The number of aromatic nitrogens is 2. The van der Waals surface area contributed by atoms with Crippen LogP contribution < -0.4 is 15.8 Å². The van der Waals surface area contributed by atoms with E-state index in [0.29, 0.717) is 22.9 Å². The second-order valence-electron chi connectivity index (χ2n) is 7.42. The normalized spacial score (nSPS) is 18.3. The average molecular weight is 482 g/mol. The fourth-order valence-electron chi connectivity index (χ4n) is 3.67. The van der Waals surface area contributed by atoms with Crippen molar-refractivity contribution in [2.24, 2.45) is 5.73 Å². The molecule has 0 spiro atoms. The van der Waals surface area contributed by atoms with Gasteiger partial charge in [-0.1, -0.05) is 29.8 Å².